The van der Waals surface area contributed by atoms with Crippen LogP contribution in [-0.4, -0.2) is 40.7 Å². The maximum atomic E-state index is 2.67. The number of hydrogen-bond donors (Lipinski definition) is 0. The maximum absolute atomic E-state index is 2.67. The van der Waals surface area contributed by atoms with Gasteiger partial charge in [0.2, 0.25) is 0 Å². The van der Waals surface area contributed by atoms with Gasteiger partial charge in [-0.15, -0.1) is 0 Å². The van der Waals surface area contributed by atoms with Crippen LogP contribution in [0.15, 0.2) is 30.3 Å². The van der Waals surface area contributed by atoms with Crippen molar-refractivity contribution in [3.8, 4) is 0 Å². The van der Waals surface area contributed by atoms with Crippen LogP contribution in [0.25, 0.3) is 0 Å². The van der Waals surface area contributed by atoms with Gasteiger partial charge < -0.3 is 4.90 Å². The molecule has 0 radical (unpaired) electrons. The van der Waals surface area contributed by atoms with E-state index in [4.69, 9.17) is 0 Å². The van der Waals surface area contributed by atoms with E-state index >= 15 is 0 Å². The lowest BCUT2D eigenvalue weighted by Crippen LogP contribution is -2.30. The molecule has 98 valence electrons. The minimum atomic E-state index is 0.540. The van der Waals surface area contributed by atoms with Crippen LogP contribution in [0.3, 0.4) is 0 Å². The molecule has 0 aromatic heterocycles. The lowest BCUT2D eigenvalue weighted by molar-refractivity contribution is 0.270. The van der Waals surface area contributed by atoms with Crippen molar-refractivity contribution in [1.29, 1.82) is 0 Å². The van der Waals surface area contributed by atoms with Gasteiger partial charge in [-0.3, -0.25) is 0 Å². The van der Waals surface area contributed by atoms with Crippen molar-refractivity contribution in [2.24, 2.45) is 11.3 Å². The molecule has 3 heteroatoms. The fourth-order valence-corrected chi connectivity index (χ4v) is 4.75. The van der Waals surface area contributed by atoms with E-state index in [0.29, 0.717) is 5.41 Å². The highest BCUT2D eigenvalue weighted by molar-refractivity contribution is 14.1. The third-order valence-corrected chi connectivity index (χ3v) is 5.29. The Bertz CT molecular complexity index is 408. The van der Waals surface area contributed by atoms with Crippen LogP contribution in [0.1, 0.15) is 12.5 Å². The van der Waals surface area contributed by atoms with E-state index in [2.05, 4.69) is 68.1 Å². The predicted octanol–water partition coefficient (Wildman–Crippen LogP) is 2.83. The van der Waals surface area contributed by atoms with Crippen LogP contribution in [0.2, 0.25) is 0 Å². The van der Waals surface area contributed by atoms with Crippen molar-refractivity contribution in [1.82, 2.24) is 8.01 Å². The summed E-state index contributed by atoms with van der Waals surface area (Å²) < 4.78 is 2.47. The highest BCUT2D eigenvalue weighted by Crippen LogP contribution is 2.43. The Morgan fingerprint density at radius 3 is 2.72 bits per heavy atom. The summed E-state index contributed by atoms with van der Waals surface area (Å²) in [6, 6.07) is 10.9. The minimum Gasteiger partial charge on any atom is -0.302 e. The first-order valence-electron chi connectivity index (χ1n) is 6.83. The first kappa shape index (κ1) is 12.9. The summed E-state index contributed by atoms with van der Waals surface area (Å²) in [7, 11) is 0. The standard InChI is InChI=1S/C15H21IN2/c1-15-11-17(9-14(15)10-18(16)12-15)8-7-13-5-3-2-4-6-13/h2-6,14H,7-12H2,1H3/t14-,15+/m1/s1. The van der Waals surface area contributed by atoms with Crippen LogP contribution in [0.5, 0.6) is 0 Å². The van der Waals surface area contributed by atoms with Gasteiger partial charge in [0.05, 0.1) is 0 Å². The SMILES string of the molecule is C[C@]12CN(I)C[C@H]1CN(CCc1ccccc1)C2. The largest absolute Gasteiger partial charge is 0.302 e. The summed E-state index contributed by atoms with van der Waals surface area (Å²) in [4.78, 5) is 2.67. The molecule has 0 saturated carbocycles. The molecule has 0 unspecified atom stereocenters. The minimum absolute atomic E-state index is 0.540. The Hall–Kier alpha value is -0.130. The highest BCUT2D eigenvalue weighted by Gasteiger charge is 2.48. The monoisotopic (exact) mass is 356 g/mol. The zero-order valence-corrected chi connectivity index (χ0v) is 13.1. The van der Waals surface area contributed by atoms with Crippen molar-refractivity contribution in [2.45, 2.75) is 13.3 Å². The highest BCUT2D eigenvalue weighted by atomic mass is 127. The van der Waals surface area contributed by atoms with Gasteiger partial charge >= 0.3 is 0 Å². The topological polar surface area (TPSA) is 6.48 Å². The molecule has 0 aliphatic carbocycles. The smallest absolute Gasteiger partial charge is 0.0201 e. The number of likely N-dealkylation sites (tertiary alicyclic amines) is 1. The van der Waals surface area contributed by atoms with Crippen LogP contribution in [0, 0.1) is 11.3 Å². The Balaban J connectivity index is 1.55. The van der Waals surface area contributed by atoms with E-state index in [0.717, 1.165) is 5.92 Å². The average Bonchev–Trinajstić information content (AvgIpc) is 2.78. The molecule has 0 amide bonds. The molecule has 2 heterocycles. The molecule has 2 atom stereocenters. The van der Waals surface area contributed by atoms with E-state index < -0.39 is 0 Å². The predicted molar refractivity (Wildman–Crippen MR) is 83.8 cm³/mol. The number of benzene rings is 1. The second-order valence-corrected chi connectivity index (χ2v) is 7.49. The lowest BCUT2D eigenvalue weighted by Gasteiger charge is -2.23. The molecule has 2 saturated heterocycles. The van der Waals surface area contributed by atoms with E-state index in [1.807, 2.05) is 0 Å². The maximum Gasteiger partial charge on any atom is 0.0201 e. The first-order valence-corrected chi connectivity index (χ1v) is 7.79. The Morgan fingerprint density at radius 2 is 2.00 bits per heavy atom. The molecular weight excluding hydrogens is 335 g/mol. The molecule has 1 aromatic carbocycles. The fourth-order valence-electron chi connectivity index (χ4n) is 3.49. The van der Waals surface area contributed by atoms with E-state index in [1.54, 1.807) is 0 Å². The van der Waals surface area contributed by atoms with Crippen molar-refractivity contribution in [2.75, 3.05) is 32.7 Å². The van der Waals surface area contributed by atoms with Crippen molar-refractivity contribution in [3.63, 3.8) is 0 Å². The summed E-state index contributed by atoms with van der Waals surface area (Å²) >= 11 is 2.48. The first-order chi connectivity index (χ1) is 8.66. The molecule has 0 bridgehead atoms. The van der Waals surface area contributed by atoms with Crippen molar-refractivity contribution >= 4 is 22.9 Å². The number of nitrogens with zero attached hydrogens (tertiary/aromatic N) is 2. The number of hydrogen-bond acceptors (Lipinski definition) is 2. The summed E-state index contributed by atoms with van der Waals surface area (Å²) in [5.41, 5.74) is 2.01. The van der Waals surface area contributed by atoms with E-state index in [1.165, 1.54) is 44.7 Å². The lowest BCUT2D eigenvalue weighted by atomic mass is 9.83. The van der Waals surface area contributed by atoms with Crippen LogP contribution in [-0.2, 0) is 6.42 Å². The molecule has 2 nitrogen and oxygen atoms in total. The summed E-state index contributed by atoms with van der Waals surface area (Å²) in [6.07, 6.45) is 1.19. The quantitative estimate of drug-likeness (QED) is 0.607. The van der Waals surface area contributed by atoms with E-state index in [-0.39, 0.29) is 0 Å². The fraction of sp³-hybridized carbons (Fsp3) is 0.600. The average molecular weight is 356 g/mol. The van der Waals surface area contributed by atoms with Gasteiger partial charge in [0.15, 0.2) is 0 Å². The molecular formula is C15H21IN2. The summed E-state index contributed by atoms with van der Waals surface area (Å²) in [6.45, 7) is 8.81. The van der Waals surface area contributed by atoms with Crippen molar-refractivity contribution in [3.05, 3.63) is 35.9 Å². The Kier molecular flexibility index (Phi) is 3.65. The second-order valence-electron chi connectivity index (χ2n) is 6.13. The summed E-state index contributed by atoms with van der Waals surface area (Å²) in [5, 5.41) is 0. The molecule has 1 aromatic rings. The van der Waals surface area contributed by atoms with Gasteiger partial charge in [-0.05, 0) is 23.3 Å². The molecule has 2 aliphatic rings. The van der Waals surface area contributed by atoms with Gasteiger partial charge in [0, 0.05) is 55.6 Å². The third kappa shape index (κ3) is 2.58. The Morgan fingerprint density at radius 1 is 1.22 bits per heavy atom. The number of fused-ring (bicyclic) bond motifs is 1. The van der Waals surface area contributed by atoms with Crippen LogP contribution >= 0.6 is 22.9 Å². The normalized spacial score (nSPS) is 32.9. The van der Waals surface area contributed by atoms with E-state index in [9.17, 15) is 0 Å². The molecule has 2 fully saturated rings. The molecule has 18 heavy (non-hydrogen) atoms. The second kappa shape index (κ2) is 5.10. The molecule has 0 spiro atoms. The Labute approximate surface area is 124 Å². The van der Waals surface area contributed by atoms with Gasteiger partial charge in [0.1, 0.15) is 0 Å². The summed E-state index contributed by atoms with van der Waals surface area (Å²) in [5.74, 6) is 0.880. The van der Waals surface area contributed by atoms with Crippen molar-refractivity contribution < 1.29 is 0 Å². The van der Waals surface area contributed by atoms with Gasteiger partial charge in [0.25, 0.3) is 0 Å². The van der Waals surface area contributed by atoms with Gasteiger partial charge in [-0.2, -0.15) is 0 Å². The van der Waals surface area contributed by atoms with Gasteiger partial charge in [-0.1, -0.05) is 37.3 Å². The molecule has 0 N–H and O–H groups in total. The number of halogens is 1. The molecule has 2 aliphatic heterocycles. The van der Waals surface area contributed by atoms with Crippen LogP contribution < -0.4 is 0 Å². The zero-order valence-electron chi connectivity index (χ0n) is 11.0. The number of rotatable bonds is 3. The molecule has 3 rings (SSSR count). The third-order valence-electron chi connectivity index (χ3n) is 4.56. The van der Waals surface area contributed by atoms with Crippen LogP contribution in [0.4, 0.5) is 0 Å². The zero-order chi connectivity index (χ0) is 12.6. The van der Waals surface area contributed by atoms with Gasteiger partial charge in [-0.25, -0.2) is 3.11 Å².